The van der Waals surface area contributed by atoms with Crippen LogP contribution in [0.4, 0.5) is 5.69 Å². The Morgan fingerprint density at radius 2 is 1.95 bits per heavy atom. The van der Waals surface area contributed by atoms with Crippen LogP contribution in [0.2, 0.25) is 0 Å². The first-order valence-corrected chi connectivity index (χ1v) is 6.33. The van der Waals surface area contributed by atoms with Gasteiger partial charge in [-0.2, -0.15) is 0 Å². The van der Waals surface area contributed by atoms with E-state index in [-0.39, 0.29) is 29.5 Å². The van der Waals surface area contributed by atoms with E-state index in [9.17, 15) is 19.7 Å². The first kappa shape index (κ1) is 16.4. The van der Waals surface area contributed by atoms with Gasteiger partial charge in [-0.1, -0.05) is 0 Å². The zero-order chi connectivity index (χ0) is 16.0. The second-order valence-electron chi connectivity index (χ2n) is 4.10. The van der Waals surface area contributed by atoms with Crippen molar-refractivity contribution in [2.45, 2.75) is 13.8 Å². The van der Waals surface area contributed by atoms with Gasteiger partial charge in [0.25, 0.3) is 5.91 Å². The quantitative estimate of drug-likeness (QED) is 0.603. The minimum absolute atomic E-state index is 0.147. The minimum atomic E-state index is -1.23. The Morgan fingerprint density at radius 3 is 2.43 bits per heavy atom. The largest absolute Gasteiger partial charge is 0.478 e. The number of nitro benzene ring substituents is 1. The lowest BCUT2D eigenvalue weighted by Gasteiger charge is -2.18. The summed E-state index contributed by atoms with van der Waals surface area (Å²) in [6, 6.07) is 3.19. The molecule has 0 atom stereocenters. The number of hydrogen-bond acceptors (Lipinski definition) is 5. The molecule has 0 fully saturated rings. The Bertz CT molecular complexity index is 554. The van der Waals surface area contributed by atoms with Gasteiger partial charge >= 0.3 is 11.7 Å². The lowest BCUT2D eigenvalue weighted by Crippen LogP contribution is -2.34. The molecule has 0 spiro atoms. The molecule has 1 aromatic rings. The molecule has 8 heteroatoms. The predicted octanol–water partition coefficient (Wildman–Crippen LogP) is 1.54. The summed E-state index contributed by atoms with van der Waals surface area (Å²) in [5.74, 6) is -1.79. The standard InChI is InChI=1S/C13H16N2O6/c1-3-14(4-2)12(16)8-21-11-7-9(13(17)18)5-6-10(11)15(19)20/h5-7H,3-4,8H2,1-2H3,(H,17,18). The van der Waals surface area contributed by atoms with Gasteiger partial charge in [-0.15, -0.1) is 0 Å². The Morgan fingerprint density at radius 1 is 1.33 bits per heavy atom. The maximum atomic E-state index is 11.8. The molecule has 0 aliphatic carbocycles. The molecule has 1 rings (SSSR count). The van der Waals surface area contributed by atoms with E-state index in [0.29, 0.717) is 13.1 Å². The highest BCUT2D eigenvalue weighted by Gasteiger charge is 2.19. The van der Waals surface area contributed by atoms with E-state index < -0.39 is 10.9 Å². The molecule has 21 heavy (non-hydrogen) atoms. The van der Waals surface area contributed by atoms with Crippen molar-refractivity contribution in [3.63, 3.8) is 0 Å². The highest BCUT2D eigenvalue weighted by Crippen LogP contribution is 2.28. The summed E-state index contributed by atoms with van der Waals surface area (Å²) < 4.78 is 5.14. The van der Waals surface area contributed by atoms with E-state index >= 15 is 0 Å². The number of rotatable bonds is 7. The minimum Gasteiger partial charge on any atom is -0.478 e. The Labute approximate surface area is 121 Å². The molecule has 0 saturated carbocycles. The molecule has 0 aliphatic heterocycles. The highest BCUT2D eigenvalue weighted by atomic mass is 16.6. The van der Waals surface area contributed by atoms with Crippen molar-refractivity contribution in [1.82, 2.24) is 4.90 Å². The number of aromatic carboxylic acids is 1. The van der Waals surface area contributed by atoms with Gasteiger partial charge in [-0.05, 0) is 19.9 Å². The lowest BCUT2D eigenvalue weighted by atomic mass is 10.2. The van der Waals surface area contributed by atoms with Gasteiger partial charge in [0.1, 0.15) is 0 Å². The number of carbonyl (C=O) groups excluding carboxylic acids is 1. The van der Waals surface area contributed by atoms with Crippen LogP contribution in [0.5, 0.6) is 5.75 Å². The molecule has 0 saturated heterocycles. The van der Waals surface area contributed by atoms with Crippen molar-refractivity contribution in [2.24, 2.45) is 0 Å². The van der Waals surface area contributed by atoms with Crippen LogP contribution in [0.15, 0.2) is 18.2 Å². The summed E-state index contributed by atoms with van der Waals surface area (Å²) in [5, 5.41) is 19.8. The van der Waals surface area contributed by atoms with Crippen molar-refractivity contribution in [2.75, 3.05) is 19.7 Å². The average molecular weight is 296 g/mol. The first-order valence-electron chi connectivity index (χ1n) is 6.33. The van der Waals surface area contributed by atoms with E-state index in [1.807, 2.05) is 0 Å². The number of nitro groups is 1. The summed E-state index contributed by atoms with van der Waals surface area (Å²) in [7, 11) is 0. The van der Waals surface area contributed by atoms with Gasteiger partial charge in [0.15, 0.2) is 12.4 Å². The molecule has 1 amide bonds. The molecule has 0 aliphatic rings. The molecule has 1 aromatic carbocycles. The normalized spacial score (nSPS) is 10.0. The predicted molar refractivity (Wildman–Crippen MR) is 73.5 cm³/mol. The van der Waals surface area contributed by atoms with E-state index in [0.717, 1.165) is 18.2 Å². The fourth-order valence-electron chi connectivity index (χ4n) is 1.72. The van der Waals surface area contributed by atoms with Crippen molar-refractivity contribution < 1.29 is 24.4 Å². The van der Waals surface area contributed by atoms with E-state index in [1.165, 1.54) is 4.90 Å². The number of carboxylic acid groups (broad SMARTS) is 1. The zero-order valence-corrected chi connectivity index (χ0v) is 11.7. The number of benzene rings is 1. The summed E-state index contributed by atoms with van der Waals surface area (Å²) in [6.45, 7) is 4.21. The molecule has 0 unspecified atom stereocenters. The molecular weight excluding hydrogens is 280 g/mol. The summed E-state index contributed by atoms with van der Waals surface area (Å²) >= 11 is 0. The molecular formula is C13H16N2O6. The molecule has 114 valence electrons. The van der Waals surface area contributed by atoms with E-state index in [1.54, 1.807) is 13.8 Å². The molecule has 0 aromatic heterocycles. The maximum absolute atomic E-state index is 11.8. The Hall–Kier alpha value is -2.64. The van der Waals surface area contributed by atoms with Gasteiger partial charge in [0.2, 0.25) is 0 Å². The third-order valence-corrected chi connectivity index (χ3v) is 2.87. The van der Waals surface area contributed by atoms with Crippen molar-refractivity contribution in [1.29, 1.82) is 0 Å². The number of amides is 1. The Kier molecular flexibility index (Phi) is 5.65. The smallest absolute Gasteiger partial charge is 0.335 e. The third-order valence-electron chi connectivity index (χ3n) is 2.87. The number of ether oxygens (including phenoxy) is 1. The van der Waals surface area contributed by atoms with Crippen molar-refractivity contribution in [3.05, 3.63) is 33.9 Å². The fourth-order valence-corrected chi connectivity index (χ4v) is 1.72. The number of carbonyl (C=O) groups is 2. The molecule has 0 bridgehead atoms. The Balaban J connectivity index is 2.95. The van der Waals surface area contributed by atoms with Crippen LogP contribution in [-0.2, 0) is 4.79 Å². The van der Waals surface area contributed by atoms with Crippen LogP contribution in [0.3, 0.4) is 0 Å². The van der Waals surface area contributed by atoms with Gasteiger partial charge in [-0.25, -0.2) is 4.79 Å². The molecule has 1 N–H and O–H groups in total. The zero-order valence-electron chi connectivity index (χ0n) is 11.7. The van der Waals surface area contributed by atoms with Crippen molar-refractivity contribution >= 4 is 17.6 Å². The second kappa shape index (κ2) is 7.22. The average Bonchev–Trinajstić information content (AvgIpc) is 2.45. The summed E-state index contributed by atoms with van der Waals surface area (Å²) in [5.41, 5.74) is -0.529. The number of hydrogen-bond donors (Lipinski definition) is 1. The number of likely N-dealkylation sites (N-methyl/N-ethyl adjacent to an activating group) is 1. The van der Waals surface area contributed by atoms with Crippen LogP contribution in [0.25, 0.3) is 0 Å². The first-order chi connectivity index (χ1) is 9.90. The number of nitrogens with zero attached hydrogens (tertiary/aromatic N) is 2. The van der Waals surface area contributed by atoms with Gasteiger partial charge in [0, 0.05) is 25.2 Å². The molecule has 0 heterocycles. The van der Waals surface area contributed by atoms with Crippen LogP contribution in [-0.4, -0.2) is 46.5 Å². The van der Waals surface area contributed by atoms with Crippen LogP contribution < -0.4 is 4.74 Å². The van der Waals surface area contributed by atoms with Crippen LogP contribution >= 0.6 is 0 Å². The number of carboxylic acids is 1. The van der Waals surface area contributed by atoms with E-state index in [4.69, 9.17) is 9.84 Å². The lowest BCUT2D eigenvalue weighted by molar-refractivity contribution is -0.385. The molecule has 8 nitrogen and oxygen atoms in total. The third kappa shape index (κ3) is 4.16. The van der Waals surface area contributed by atoms with E-state index in [2.05, 4.69) is 0 Å². The van der Waals surface area contributed by atoms with Crippen LogP contribution in [0, 0.1) is 10.1 Å². The van der Waals surface area contributed by atoms with Crippen LogP contribution in [0.1, 0.15) is 24.2 Å². The highest BCUT2D eigenvalue weighted by molar-refractivity contribution is 5.88. The SMILES string of the molecule is CCN(CC)C(=O)COc1cc(C(=O)O)ccc1[N+](=O)[O-]. The monoisotopic (exact) mass is 296 g/mol. The molecule has 0 radical (unpaired) electrons. The summed E-state index contributed by atoms with van der Waals surface area (Å²) in [6.07, 6.45) is 0. The fraction of sp³-hybridized carbons (Fsp3) is 0.385. The summed E-state index contributed by atoms with van der Waals surface area (Å²) in [4.78, 5) is 34.4. The second-order valence-corrected chi connectivity index (χ2v) is 4.10. The van der Waals surface area contributed by atoms with Crippen molar-refractivity contribution in [3.8, 4) is 5.75 Å². The van der Waals surface area contributed by atoms with Gasteiger partial charge in [0.05, 0.1) is 10.5 Å². The topological polar surface area (TPSA) is 110 Å². The van der Waals surface area contributed by atoms with Gasteiger partial charge < -0.3 is 14.7 Å². The van der Waals surface area contributed by atoms with Gasteiger partial charge in [-0.3, -0.25) is 14.9 Å². The maximum Gasteiger partial charge on any atom is 0.335 e.